The number of hydrogen-bond donors (Lipinski definition) is 1. The van der Waals surface area contributed by atoms with Crippen LogP contribution in [0.4, 0.5) is 0 Å². The van der Waals surface area contributed by atoms with Crippen LogP contribution in [-0.4, -0.2) is 17.8 Å². The first-order valence-electron chi connectivity index (χ1n) is 7.68. The largest absolute Gasteiger partial charge is 0.496 e. The number of benzene rings is 1. The minimum absolute atomic E-state index is 0.353. The van der Waals surface area contributed by atoms with Crippen LogP contribution in [-0.2, 0) is 6.42 Å². The van der Waals surface area contributed by atoms with E-state index in [1.807, 2.05) is 18.2 Å². The standard InChI is InChI=1S/C18H28O2/c1-17(2,3)15-9-11-18(19,12-10-15)13-14-7-5-6-8-16(14)20-4/h5-8,15,19H,9-13H2,1-4H3. The number of para-hydroxylation sites is 1. The van der Waals surface area contributed by atoms with E-state index < -0.39 is 5.60 Å². The number of methoxy groups -OCH3 is 1. The van der Waals surface area contributed by atoms with E-state index in [9.17, 15) is 5.11 Å². The lowest BCUT2D eigenvalue weighted by Crippen LogP contribution is -2.39. The second kappa shape index (κ2) is 5.77. The predicted octanol–water partition coefficient (Wildman–Crippen LogP) is 4.21. The van der Waals surface area contributed by atoms with E-state index in [0.717, 1.165) is 42.9 Å². The van der Waals surface area contributed by atoms with Gasteiger partial charge in [0.2, 0.25) is 0 Å². The van der Waals surface area contributed by atoms with E-state index in [2.05, 4.69) is 26.8 Å². The Labute approximate surface area is 123 Å². The van der Waals surface area contributed by atoms with Gasteiger partial charge in [0.15, 0.2) is 0 Å². The third-order valence-corrected chi connectivity index (χ3v) is 4.85. The number of ether oxygens (including phenoxy) is 1. The van der Waals surface area contributed by atoms with Gasteiger partial charge in [0.25, 0.3) is 0 Å². The van der Waals surface area contributed by atoms with Gasteiger partial charge in [-0.15, -0.1) is 0 Å². The van der Waals surface area contributed by atoms with Gasteiger partial charge >= 0.3 is 0 Å². The van der Waals surface area contributed by atoms with Crippen LogP contribution in [0.2, 0.25) is 0 Å². The second-order valence-corrected chi connectivity index (χ2v) is 7.35. The van der Waals surface area contributed by atoms with Crippen molar-refractivity contribution < 1.29 is 9.84 Å². The molecule has 0 amide bonds. The molecule has 2 nitrogen and oxygen atoms in total. The monoisotopic (exact) mass is 276 g/mol. The molecule has 1 aliphatic carbocycles. The van der Waals surface area contributed by atoms with Crippen LogP contribution in [0.1, 0.15) is 52.0 Å². The third kappa shape index (κ3) is 3.54. The molecule has 0 bridgehead atoms. The molecule has 0 atom stereocenters. The molecule has 1 aromatic carbocycles. The average Bonchev–Trinajstić information content (AvgIpc) is 2.38. The Morgan fingerprint density at radius 2 is 1.80 bits per heavy atom. The SMILES string of the molecule is COc1ccccc1CC1(O)CCC(C(C)(C)C)CC1. The zero-order valence-electron chi connectivity index (χ0n) is 13.3. The van der Waals surface area contributed by atoms with Crippen molar-refractivity contribution in [1.29, 1.82) is 0 Å². The molecular weight excluding hydrogens is 248 g/mol. The molecule has 0 aromatic heterocycles. The van der Waals surface area contributed by atoms with Crippen molar-refractivity contribution in [3.63, 3.8) is 0 Å². The van der Waals surface area contributed by atoms with Gasteiger partial charge in [-0.25, -0.2) is 0 Å². The molecule has 2 heteroatoms. The Morgan fingerprint density at radius 3 is 2.35 bits per heavy atom. The fourth-order valence-electron chi connectivity index (χ4n) is 3.40. The van der Waals surface area contributed by atoms with Gasteiger partial charge in [0, 0.05) is 6.42 Å². The molecule has 2 rings (SSSR count). The maximum atomic E-state index is 10.9. The molecule has 1 aromatic rings. The van der Waals surface area contributed by atoms with Crippen molar-refractivity contribution in [2.24, 2.45) is 11.3 Å². The highest BCUT2D eigenvalue weighted by Crippen LogP contribution is 2.43. The van der Waals surface area contributed by atoms with Crippen LogP contribution in [0.25, 0.3) is 0 Å². The fraction of sp³-hybridized carbons (Fsp3) is 0.667. The Balaban J connectivity index is 2.03. The van der Waals surface area contributed by atoms with Crippen molar-refractivity contribution in [3.8, 4) is 5.75 Å². The second-order valence-electron chi connectivity index (χ2n) is 7.35. The van der Waals surface area contributed by atoms with Crippen LogP contribution in [0.15, 0.2) is 24.3 Å². The van der Waals surface area contributed by atoms with Crippen molar-refractivity contribution in [2.45, 2.75) is 58.5 Å². The summed E-state index contributed by atoms with van der Waals surface area (Å²) in [7, 11) is 1.69. The minimum atomic E-state index is -0.559. The van der Waals surface area contributed by atoms with Crippen molar-refractivity contribution >= 4 is 0 Å². The van der Waals surface area contributed by atoms with Crippen molar-refractivity contribution in [1.82, 2.24) is 0 Å². The molecular formula is C18H28O2. The smallest absolute Gasteiger partial charge is 0.122 e. The van der Waals surface area contributed by atoms with Crippen LogP contribution in [0, 0.1) is 11.3 Å². The van der Waals surface area contributed by atoms with Gasteiger partial charge in [-0.2, -0.15) is 0 Å². The van der Waals surface area contributed by atoms with E-state index in [1.165, 1.54) is 0 Å². The van der Waals surface area contributed by atoms with E-state index in [0.29, 0.717) is 11.8 Å². The Kier molecular flexibility index (Phi) is 4.43. The maximum absolute atomic E-state index is 10.9. The Hall–Kier alpha value is -1.02. The highest BCUT2D eigenvalue weighted by molar-refractivity contribution is 5.34. The van der Waals surface area contributed by atoms with Gasteiger partial charge < -0.3 is 9.84 Å². The lowest BCUT2D eigenvalue weighted by atomic mass is 9.67. The zero-order chi connectivity index (χ0) is 14.8. The lowest BCUT2D eigenvalue weighted by Gasteiger charge is -2.41. The van der Waals surface area contributed by atoms with Gasteiger partial charge in [-0.3, -0.25) is 0 Å². The summed E-state index contributed by atoms with van der Waals surface area (Å²) in [5, 5.41) is 10.9. The van der Waals surface area contributed by atoms with Crippen LogP contribution >= 0.6 is 0 Å². The first-order valence-corrected chi connectivity index (χ1v) is 7.68. The number of aliphatic hydroxyl groups is 1. The molecule has 20 heavy (non-hydrogen) atoms. The van der Waals surface area contributed by atoms with Gasteiger partial charge in [-0.05, 0) is 48.6 Å². The summed E-state index contributed by atoms with van der Waals surface area (Å²) < 4.78 is 5.40. The number of hydrogen-bond acceptors (Lipinski definition) is 2. The summed E-state index contributed by atoms with van der Waals surface area (Å²) in [6, 6.07) is 8.02. The van der Waals surface area contributed by atoms with E-state index in [4.69, 9.17) is 4.74 Å². The van der Waals surface area contributed by atoms with Gasteiger partial charge in [0.05, 0.1) is 12.7 Å². The molecule has 0 saturated heterocycles. The molecule has 0 heterocycles. The molecule has 1 N–H and O–H groups in total. The molecule has 1 aliphatic rings. The van der Waals surface area contributed by atoms with E-state index >= 15 is 0 Å². The van der Waals surface area contributed by atoms with Crippen LogP contribution in [0.5, 0.6) is 5.75 Å². The fourth-order valence-corrected chi connectivity index (χ4v) is 3.40. The lowest BCUT2D eigenvalue weighted by molar-refractivity contribution is -0.0248. The molecule has 0 aliphatic heterocycles. The Morgan fingerprint density at radius 1 is 1.20 bits per heavy atom. The molecule has 0 unspecified atom stereocenters. The summed E-state index contributed by atoms with van der Waals surface area (Å²) in [4.78, 5) is 0. The van der Waals surface area contributed by atoms with E-state index in [1.54, 1.807) is 7.11 Å². The highest BCUT2D eigenvalue weighted by Gasteiger charge is 2.37. The quantitative estimate of drug-likeness (QED) is 0.896. The summed E-state index contributed by atoms with van der Waals surface area (Å²) in [6.07, 6.45) is 4.73. The number of rotatable bonds is 3. The van der Waals surface area contributed by atoms with Crippen molar-refractivity contribution in [3.05, 3.63) is 29.8 Å². The molecule has 112 valence electrons. The summed E-state index contributed by atoms with van der Waals surface area (Å²) in [6.45, 7) is 6.92. The normalized spacial score (nSPS) is 27.4. The topological polar surface area (TPSA) is 29.5 Å². The summed E-state index contributed by atoms with van der Waals surface area (Å²) in [5.74, 6) is 1.61. The van der Waals surface area contributed by atoms with Crippen LogP contribution < -0.4 is 4.74 Å². The molecule has 1 fully saturated rings. The molecule has 1 saturated carbocycles. The van der Waals surface area contributed by atoms with Gasteiger partial charge in [-0.1, -0.05) is 39.0 Å². The average molecular weight is 276 g/mol. The highest BCUT2D eigenvalue weighted by atomic mass is 16.5. The van der Waals surface area contributed by atoms with Crippen LogP contribution in [0.3, 0.4) is 0 Å². The summed E-state index contributed by atoms with van der Waals surface area (Å²) >= 11 is 0. The van der Waals surface area contributed by atoms with Crippen molar-refractivity contribution in [2.75, 3.05) is 7.11 Å². The predicted molar refractivity (Wildman–Crippen MR) is 83.1 cm³/mol. The Bertz CT molecular complexity index is 437. The first kappa shape index (κ1) is 15.4. The van der Waals surface area contributed by atoms with E-state index in [-0.39, 0.29) is 0 Å². The first-order chi connectivity index (χ1) is 9.34. The third-order valence-electron chi connectivity index (χ3n) is 4.85. The summed E-state index contributed by atoms with van der Waals surface area (Å²) in [5.41, 5.74) is 0.911. The van der Waals surface area contributed by atoms with Gasteiger partial charge in [0.1, 0.15) is 5.75 Å². The zero-order valence-corrected chi connectivity index (χ0v) is 13.3. The molecule has 0 spiro atoms. The maximum Gasteiger partial charge on any atom is 0.122 e. The molecule has 0 radical (unpaired) electrons. The minimum Gasteiger partial charge on any atom is -0.496 e.